The number of aromatic nitrogens is 3. The van der Waals surface area contributed by atoms with Crippen LogP contribution in [-0.4, -0.2) is 52.5 Å². The van der Waals surface area contributed by atoms with Crippen molar-refractivity contribution in [2.24, 2.45) is 11.3 Å². The van der Waals surface area contributed by atoms with Crippen LogP contribution in [-0.2, 0) is 0 Å². The predicted molar refractivity (Wildman–Crippen MR) is 147 cm³/mol. The molecule has 35 heavy (non-hydrogen) atoms. The van der Waals surface area contributed by atoms with Crippen LogP contribution in [0.25, 0.3) is 16.9 Å². The molecule has 1 aliphatic heterocycles. The highest BCUT2D eigenvalue weighted by Gasteiger charge is 2.34. The van der Waals surface area contributed by atoms with Gasteiger partial charge in [-0.05, 0) is 61.4 Å². The van der Waals surface area contributed by atoms with Crippen LogP contribution in [0.4, 0.5) is 5.82 Å². The molecule has 1 saturated carbocycles. The van der Waals surface area contributed by atoms with Crippen LogP contribution >= 0.6 is 11.6 Å². The maximum Gasteiger partial charge on any atom is 0.150 e. The highest BCUT2D eigenvalue weighted by Crippen LogP contribution is 2.41. The summed E-state index contributed by atoms with van der Waals surface area (Å²) in [6.07, 6.45) is 10.7. The summed E-state index contributed by atoms with van der Waals surface area (Å²) in [5.74, 6) is 1.80. The average Bonchev–Trinajstić information content (AvgIpc) is 3.26. The van der Waals surface area contributed by atoms with Crippen molar-refractivity contribution in [2.75, 3.05) is 18.4 Å². The van der Waals surface area contributed by atoms with Crippen LogP contribution in [0.2, 0.25) is 5.02 Å². The van der Waals surface area contributed by atoms with Gasteiger partial charge in [0.25, 0.3) is 0 Å². The molecule has 1 N–H and O–H groups in total. The monoisotopic (exact) mass is 489 g/mol. The SMILES string of the molecule is [B]c1cnn2c(NC3CCN(C4CCC(C(C)(C)CC)CC4)CC3)cc(-c3ccccc3Cl)nc12. The molecule has 0 atom stereocenters. The van der Waals surface area contributed by atoms with Gasteiger partial charge in [0, 0.05) is 48.0 Å². The van der Waals surface area contributed by atoms with Gasteiger partial charge in [-0.25, -0.2) is 4.98 Å². The summed E-state index contributed by atoms with van der Waals surface area (Å²) in [6, 6.07) is 11.0. The predicted octanol–water partition coefficient (Wildman–Crippen LogP) is 5.71. The molecule has 5 nitrogen and oxygen atoms in total. The maximum atomic E-state index is 6.48. The molecule has 2 fully saturated rings. The number of fused-ring (bicyclic) bond motifs is 1. The molecular formula is C28H37BClN5. The number of anilines is 1. The fraction of sp³-hybridized carbons (Fsp3) is 0.571. The normalized spacial score (nSPS) is 22.5. The van der Waals surface area contributed by atoms with Crippen molar-refractivity contribution in [3.05, 3.63) is 41.6 Å². The minimum absolute atomic E-state index is 0.400. The maximum absolute atomic E-state index is 6.48. The highest BCUT2D eigenvalue weighted by molar-refractivity contribution is 6.36. The molecule has 5 rings (SSSR count). The Morgan fingerprint density at radius 3 is 2.49 bits per heavy atom. The zero-order chi connectivity index (χ0) is 24.6. The van der Waals surface area contributed by atoms with Crippen molar-refractivity contribution in [2.45, 2.75) is 77.8 Å². The molecule has 1 aromatic carbocycles. The minimum atomic E-state index is 0.400. The van der Waals surface area contributed by atoms with E-state index in [2.05, 4.69) is 36.1 Å². The number of rotatable bonds is 6. The van der Waals surface area contributed by atoms with Gasteiger partial charge in [-0.15, -0.1) is 0 Å². The first-order valence-corrected chi connectivity index (χ1v) is 13.6. The first-order chi connectivity index (χ1) is 16.9. The summed E-state index contributed by atoms with van der Waals surface area (Å²) in [5, 5.41) is 8.93. The van der Waals surface area contributed by atoms with Crippen LogP contribution in [0.3, 0.4) is 0 Å². The van der Waals surface area contributed by atoms with Gasteiger partial charge in [0.2, 0.25) is 0 Å². The lowest BCUT2D eigenvalue weighted by Gasteiger charge is -2.44. The van der Waals surface area contributed by atoms with Gasteiger partial charge in [0.05, 0.1) is 5.69 Å². The van der Waals surface area contributed by atoms with Crippen LogP contribution in [0, 0.1) is 11.3 Å². The molecule has 2 aliphatic rings. The summed E-state index contributed by atoms with van der Waals surface area (Å²) in [7, 11) is 6.20. The fourth-order valence-electron chi connectivity index (χ4n) is 6.02. The van der Waals surface area contributed by atoms with E-state index in [0.29, 0.717) is 27.6 Å². The molecule has 3 heterocycles. The van der Waals surface area contributed by atoms with E-state index in [1.807, 2.05) is 34.8 Å². The van der Waals surface area contributed by atoms with E-state index in [0.717, 1.165) is 55.0 Å². The van der Waals surface area contributed by atoms with Crippen molar-refractivity contribution in [3.63, 3.8) is 0 Å². The Labute approximate surface area is 216 Å². The Bertz CT molecular complexity index is 1160. The van der Waals surface area contributed by atoms with E-state index >= 15 is 0 Å². The zero-order valence-corrected chi connectivity index (χ0v) is 22.1. The number of hydrogen-bond acceptors (Lipinski definition) is 4. The second-order valence-corrected chi connectivity index (χ2v) is 11.6. The topological polar surface area (TPSA) is 45.5 Å². The molecule has 184 valence electrons. The highest BCUT2D eigenvalue weighted by atomic mass is 35.5. The second-order valence-electron chi connectivity index (χ2n) is 11.1. The number of halogens is 1. The molecule has 7 heteroatoms. The molecule has 0 bridgehead atoms. The van der Waals surface area contributed by atoms with Crippen LogP contribution in [0.1, 0.15) is 65.7 Å². The van der Waals surface area contributed by atoms with Crippen molar-refractivity contribution >= 4 is 36.4 Å². The molecule has 1 aliphatic carbocycles. The first-order valence-electron chi connectivity index (χ1n) is 13.3. The third-order valence-corrected chi connectivity index (χ3v) is 9.09. The van der Waals surface area contributed by atoms with E-state index in [1.54, 1.807) is 6.20 Å². The number of nitrogens with one attached hydrogen (secondary N) is 1. The lowest BCUT2D eigenvalue weighted by Crippen LogP contribution is -2.46. The Balaban J connectivity index is 1.25. The molecule has 0 unspecified atom stereocenters. The van der Waals surface area contributed by atoms with E-state index in [4.69, 9.17) is 24.4 Å². The molecule has 0 amide bonds. The largest absolute Gasteiger partial charge is 0.367 e. The zero-order valence-electron chi connectivity index (χ0n) is 21.3. The Morgan fingerprint density at radius 1 is 1.09 bits per heavy atom. The second kappa shape index (κ2) is 10.1. The van der Waals surface area contributed by atoms with Gasteiger partial charge in [-0.3, -0.25) is 0 Å². The molecule has 3 aromatic rings. The van der Waals surface area contributed by atoms with E-state index in [-0.39, 0.29) is 0 Å². The van der Waals surface area contributed by atoms with Crippen molar-refractivity contribution < 1.29 is 0 Å². The molecule has 1 saturated heterocycles. The van der Waals surface area contributed by atoms with Gasteiger partial charge in [-0.1, -0.05) is 57.0 Å². The standard InChI is InChI=1S/C28H37BClN5/c1-4-28(2,3)19-9-11-21(12-10-19)34-15-13-20(14-16-34)32-26-17-25(22-7-5-6-8-24(22)30)33-27-23(29)18-31-35(26)27/h5-8,17-21,32H,4,9-16H2,1-3H3. The van der Waals surface area contributed by atoms with Gasteiger partial charge in [0.15, 0.2) is 5.65 Å². The van der Waals surface area contributed by atoms with Crippen molar-refractivity contribution in [1.82, 2.24) is 19.5 Å². The summed E-state index contributed by atoms with van der Waals surface area (Å²) in [4.78, 5) is 7.51. The number of benzene rings is 1. The Hall–Kier alpha value is -2.05. The van der Waals surface area contributed by atoms with Gasteiger partial charge in [-0.2, -0.15) is 9.61 Å². The van der Waals surface area contributed by atoms with E-state index in [9.17, 15) is 0 Å². The van der Waals surface area contributed by atoms with E-state index in [1.165, 1.54) is 32.1 Å². The lowest BCUT2D eigenvalue weighted by atomic mass is 9.68. The van der Waals surface area contributed by atoms with E-state index < -0.39 is 0 Å². The molecule has 2 radical (unpaired) electrons. The minimum Gasteiger partial charge on any atom is -0.367 e. The van der Waals surface area contributed by atoms with Crippen molar-refractivity contribution in [3.8, 4) is 11.3 Å². The summed E-state index contributed by atoms with van der Waals surface area (Å²) < 4.78 is 1.82. The summed E-state index contributed by atoms with van der Waals surface area (Å²) in [5.41, 5.74) is 3.42. The average molecular weight is 490 g/mol. The quantitative estimate of drug-likeness (QED) is 0.450. The van der Waals surface area contributed by atoms with Gasteiger partial charge >= 0.3 is 0 Å². The summed E-state index contributed by atoms with van der Waals surface area (Å²) >= 11 is 6.48. The lowest BCUT2D eigenvalue weighted by molar-refractivity contribution is 0.0725. The number of hydrogen-bond donors (Lipinski definition) is 1. The molecule has 0 spiro atoms. The van der Waals surface area contributed by atoms with Crippen LogP contribution in [0.5, 0.6) is 0 Å². The smallest absolute Gasteiger partial charge is 0.150 e. The fourth-order valence-corrected chi connectivity index (χ4v) is 6.25. The number of nitrogens with zero attached hydrogens (tertiary/aromatic N) is 4. The third kappa shape index (κ3) is 5.10. The number of piperidine rings is 1. The van der Waals surface area contributed by atoms with Gasteiger partial charge < -0.3 is 10.2 Å². The van der Waals surface area contributed by atoms with Crippen LogP contribution < -0.4 is 10.8 Å². The Kier molecular flexibility index (Phi) is 7.14. The molecule has 2 aromatic heterocycles. The van der Waals surface area contributed by atoms with Crippen molar-refractivity contribution in [1.29, 1.82) is 0 Å². The first kappa shape index (κ1) is 24.6. The molecular weight excluding hydrogens is 453 g/mol. The Morgan fingerprint density at radius 2 is 1.80 bits per heavy atom. The van der Waals surface area contributed by atoms with Crippen LogP contribution in [0.15, 0.2) is 36.5 Å². The summed E-state index contributed by atoms with van der Waals surface area (Å²) in [6.45, 7) is 9.55. The third-order valence-electron chi connectivity index (χ3n) is 8.76. The number of likely N-dealkylation sites (tertiary alicyclic amines) is 1. The van der Waals surface area contributed by atoms with Gasteiger partial charge in [0.1, 0.15) is 13.7 Å².